The first-order valence-electron chi connectivity index (χ1n) is 4.48. The summed E-state index contributed by atoms with van der Waals surface area (Å²) in [6, 6.07) is 7.93. The molecule has 72 valence electrons. The highest BCUT2D eigenvalue weighted by molar-refractivity contribution is 6.30. The molecule has 0 radical (unpaired) electrons. The predicted octanol–water partition coefficient (Wildman–Crippen LogP) is 1.43. The number of nitrogens with two attached hydrogens (primary N) is 1. The molecule has 0 saturated carbocycles. The Hall–Kier alpha value is -0.570. The standard InChI is InChI=1S/C10H15ClN2/c11-10-3-1-2-9(8-10)4-6-13-7-5-12/h1-3,8,13H,4-7,12H2. The summed E-state index contributed by atoms with van der Waals surface area (Å²) in [5.41, 5.74) is 6.61. The van der Waals surface area contributed by atoms with Crippen LogP contribution in [-0.4, -0.2) is 19.6 Å². The van der Waals surface area contributed by atoms with Gasteiger partial charge in [-0.3, -0.25) is 0 Å². The second-order valence-corrected chi connectivity index (χ2v) is 3.36. The van der Waals surface area contributed by atoms with E-state index in [1.54, 1.807) is 0 Å². The van der Waals surface area contributed by atoms with Gasteiger partial charge in [-0.1, -0.05) is 23.7 Å². The van der Waals surface area contributed by atoms with Crippen molar-refractivity contribution >= 4 is 11.6 Å². The summed E-state index contributed by atoms with van der Waals surface area (Å²) in [7, 11) is 0. The molecule has 0 heterocycles. The van der Waals surface area contributed by atoms with Crippen molar-refractivity contribution in [2.24, 2.45) is 5.73 Å². The van der Waals surface area contributed by atoms with E-state index in [1.807, 2.05) is 18.2 Å². The first-order valence-corrected chi connectivity index (χ1v) is 4.86. The third kappa shape index (κ3) is 4.27. The van der Waals surface area contributed by atoms with Crippen LogP contribution in [0.25, 0.3) is 0 Å². The normalized spacial score (nSPS) is 10.3. The topological polar surface area (TPSA) is 38.0 Å². The van der Waals surface area contributed by atoms with Crippen molar-refractivity contribution in [2.45, 2.75) is 6.42 Å². The Morgan fingerprint density at radius 1 is 1.31 bits per heavy atom. The third-order valence-corrected chi connectivity index (χ3v) is 2.04. The maximum absolute atomic E-state index is 5.84. The number of rotatable bonds is 5. The van der Waals surface area contributed by atoms with Crippen LogP contribution in [0.3, 0.4) is 0 Å². The molecule has 0 atom stereocenters. The Balaban J connectivity index is 2.28. The van der Waals surface area contributed by atoms with E-state index in [0.717, 1.165) is 24.5 Å². The first-order chi connectivity index (χ1) is 6.33. The molecule has 1 aromatic carbocycles. The molecule has 2 nitrogen and oxygen atoms in total. The Morgan fingerprint density at radius 2 is 2.15 bits per heavy atom. The first kappa shape index (κ1) is 10.5. The Kier molecular flexibility index (Phi) is 4.83. The van der Waals surface area contributed by atoms with Crippen LogP contribution in [0, 0.1) is 0 Å². The molecule has 0 bridgehead atoms. The summed E-state index contributed by atoms with van der Waals surface area (Å²) in [4.78, 5) is 0. The third-order valence-electron chi connectivity index (χ3n) is 1.80. The van der Waals surface area contributed by atoms with Crippen molar-refractivity contribution in [3.8, 4) is 0 Å². The number of benzene rings is 1. The molecular weight excluding hydrogens is 184 g/mol. The molecule has 0 aliphatic rings. The number of hydrogen-bond acceptors (Lipinski definition) is 2. The van der Waals surface area contributed by atoms with Crippen molar-refractivity contribution in [2.75, 3.05) is 19.6 Å². The van der Waals surface area contributed by atoms with Crippen LogP contribution in [0.5, 0.6) is 0 Å². The van der Waals surface area contributed by atoms with Gasteiger partial charge in [-0.25, -0.2) is 0 Å². The molecule has 3 N–H and O–H groups in total. The van der Waals surface area contributed by atoms with Crippen molar-refractivity contribution in [3.63, 3.8) is 0 Å². The number of hydrogen-bond donors (Lipinski definition) is 2. The SMILES string of the molecule is NCCNCCc1cccc(Cl)c1. The Morgan fingerprint density at radius 3 is 2.85 bits per heavy atom. The molecule has 1 rings (SSSR count). The van der Waals surface area contributed by atoms with Crippen LogP contribution in [0.2, 0.25) is 5.02 Å². The summed E-state index contributed by atoms with van der Waals surface area (Å²) in [5, 5.41) is 4.04. The fourth-order valence-corrected chi connectivity index (χ4v) is 1.37. The van der Waals surface area contributed by atoms with E-state index in [4.69, 9.17) is 17.3 Å². The van der Waals surface area contributed by atoms with E-state index >= 15 is 0 Å². The lowest BCUT2D eigenvalue weighted by Crippen LogP contribution is -2.24. The fraction of sp³-hybridized carbons (Fsp3) is 0.400. The van der Waals surface area contributed by atoms with Crippen LogP contribution in [0.15, 0.2) is 24.3 Å². The van der Waals surface area contributed by atoms with Gasteiger partial charge in [0.1, 0.15) is 0 Å². The Bertz CT molecular complexity index is 250. The quantitative estimate of drug-likeness (QED) is 0.703. The average Bonchev–Trinajstić information content (AvgIpc) is 2.13. The lowest BCUT2D eigenvalue weighted by molar-refractivity contribution is 0.689. The van der Waals surface area contributed by atoms with E-state index in [2.05, 4.69) is 11.4 Å². The minimum atomic E-state index is 0.690. The maximum atomic E-state index is 5.84. The molecule has 0 fully saturated rings. The second kappa shape index (κ2) is 5.97. The van der Waals surface area contributed by atoms with E-state index < -0.39 is 0 Å². The zero-order chi connectivity index (χ0) is 9.52. The molecule has 3 heteroatoms. The minimum absolute atomic E-state index is 0.690. The number of nitrogens with one attached hydrogen (secondary N) is 1. The van der Waals surface area contributed by atoms with Crippen molar-refractivity contribution in [3.05, 3.63) is 34.9 Å². The molecule has 0 spiro atoms. The van der Waals surface area contributed by atoms with Crippen LogP contribution in [-0.2, 0) is 6.42 Å². The lowest BCUT2D eigenvalue weighted by Gasteiger charge is -2.03. The van der Waals surface area contributed by atoms with Gasteiger partial charge in [-0.2, -0.15) is 0 Å². The van der Waals surface area contributed by atoms with Gasteiger partial charge in [0.25, 0.3) is 0 Å². The molecule has 0 saturated heterocycles. The summed E-state index contributed by atoms with van der Waals surface area (Å²) < 4.78 is 0. The summed E-state index contributed by atoms with van der Waals surface area (Å²) in [5.74, 6) is 0. The van der Waals surface area contributed by atoms with Gasteiger partial charge >= 0.3 is 0 Å². The fourth-order valence-electron chi connectivity index (χ4n) is 1.15. The van der Waals surface area contributed by atoms with Crippen molar-refractivity contribution in [1.82, 2.24) is 5.32 Å². The van der Waals surface area contributed by atoms with Gasteiger partial charge < -0.3 is 11.1 Å². The lowest BCUT2D eigenvalue weighted by atomic mass is 10.1. The highest BCUT2D eigenvalue weighted by Crippen LogP contribution is 2.10. The highest BCUT2D eigenvalue weighted by atomic mass is 35.5. The molecule has 0 amide bonds. The van der Waals surface area contributed by atoms with E-state index in [1.165, 1.54) is 5.56 Å². The monoisotopic (exact) mass is 198 g/mol. The number of halogens is 1. The molecule has 13 heavy (non-hydrogen) atoms. The maximum Gasteiger partial charge on any atom is 0.0408 e. The second-order valence-electron chi connectivity index (χ2n) is 2.92. The van der Waals surface area contributed by atoms with Crippen molar-refractivity contribution in [1.29, 1.82) is 0 Å². The van der Waals surface area contributed by atoms with E-state index in [-0.39, 0.29) is 0 Å². The van der Waals surface area contributed by atoms with Gasteiger partial charge in [-0.15, -0.1) is 0 Å². The van der Waals surface area contributed by atoms with Gasteiger partial charge in [0.15, 0.2) is 0 Å². The largest absolute Gasteiger partial charge is 0.329 e. The molecule has 0 aliphatic carbocycles. The predicted molar refractivity (Wildman–Crippen MR) is 57.1 cm³/mol. The molecule has 0 unspecified atom stereocenters. The van der Waals surface area contributed by atoms with Gasteiger partial charge in [0.05, 0.1) is 0 Å². The molecule has 0 aliphatic heterocycles. The van der Waals surface area contributed by atoms with E-state index in [0.29, 0.717) is 6.54 Å². The van der Waals surface area contributed by atoms with Gasteiger partial charge in [0, 0.05) is 18.1 Å². The zero-order valence-electron chi connectivity index (χ0n) is 7.59. The summed E-state index contributed by atoms with van der Waals surface area (Å²) in [6.07, 6.45) is 1.00. The van der Waals surface area contributed by atoms with Crippen molar-refractivity contribution < 1.29 is 0 Å². The van der Waals surface area contributed by atoms with Crippen LogP contribution in [0.1, 0.15) is 5.56 Å². The van der Waals surface area contributed by atoms with E-state index in [9.17, 15) is 0 Å². The van der Waals surface area contributed by atoms with Gasteiger partial charge in [0.2, 0.25) is 0 Å². The minimum Gasteiger partial charge on any atom is -0.329 e. The van der Waals surface area contributed by atoms with Crippen LogP contribution in [0.4, 0.5) is 0 Å². The molecule has 0 aromatic heterocycles. The van der Waals surface area contributed by atoms with Crippen LogP contribution >= 0.6 is 11.6 Å². The summed E-state index contributed by atoms with van der Waals surface area (Å²) >= 11 is 5.84. The average molecular weight is 199 g/mol. The summed E-state index contributed by atoms with van der Waals surface area (Å²) in [6.45, 7) is 2.52. The highest BCUT2D eigenvalue weighted by Gasteiger charge is 1.93. The van der Waals surface area contributed by atoms with Crippen LogP contribution < -0.4 is 11.1 Å². The zero-order valence-corrected chi connectivity index (χ0v) is 8.35. The van der Waals surface area contributed by atoms with Gasteiger partial charge in [-0.05, 0) is 30.7 Å². The molecular formula is C10H15ClN2. The Labute approximate surface area is 84.1 Å². The smallest absolute Gasteiger partial charge is 0.0408 e. The molecule has 1 aromatic rings.